The van der Waals surface area contributed by atoms with E-state index in [9.17, 15) is 4.79 Å². The summed E-state index contributed by atoms with van der Waals surface area (Å²) in [5, 5.41) is 9.03. The summed E-state index contributed by atoms with van der Waals surface area (Å²) in [6, 6.07) is 4.96. The highest BCUT2D eigenvalue weighted by Gasteiger charge is 2.18. The number of benzene rings is 1. The van der Waals surface area contributed by atoms with Crippen LogP contribution in [-0.4, -0.2) is 31.4 Å². The van der Waals surface area contributed by atoms with E-state index in [0.29, 0.717) is 23.7 Å². The third-order valence-corrected chi connectivity index (χ3v) is 2.43. The van der Waals surface area contributed by atoms with Crippen molar-refractivity contribution in [2.75, 3.05) is 14.2 Å². The van der Waals surface area contributed by atoms with Crippen molar-refractivity contribution in [1.82, 2.24) is 0 Å². The van der Waals surface area contributed by atoms with Gasteiger partial charge >= 0.3 is 5.97 Å². The normalized spacial score (nSPS) is 11.7. The van der Waals surface area contributed by atoms with E-state index in [4.69, 9.17) is 19.3 Å². The molecular formula is C13H18O5. The summed E-state index contributed by atoms with van der Waals surface area (Å²) in [6.07, 6.45) is 0.333. The predicted molar refractivity (Wildman–Crippen MR) is 66.5 cm³/mol. The van der Waals surface area contributed by atoms with Gasteiger partial charge < -0.3 is 19.3 Å². The predicted octanol–water partition coefficient (Wildman–Crippen LogP) is 2.34. The number of carboxylic acid groups (broad SMARTS) is 1. The molecule has 0 aromatic heterocycles. The van der Waals surface area contributed by atoms with Crippen LogP contribution in [0.3, 0.4) is 0 Å². The van der Waals surface area contributed by atoms with Crippen molar-refractivity contribution >= 4 is 5.97 Å². The van der Waals surface area contributed by atoms with Crippen LogP contribution in [0.5, 0.6) is 17.2 Å². The van der Waals surface area contributed by atoms with Crippen molar-refractivity contribution in [1.29, 1.82) is 0 Å². The zero-order chi connectivity index (χ0) is 13.5. The number of methoxy groups -OCH3 is 2. The summed E-state index contributed by atoms with van der Waals surface area (Å²) in [5.41, 5.74) is 0. The minimum absolute atomic E-state index is 0.423. The Labute approximate surface area is 106 Å². The van der Waals surface area contributed by atoms with E-state index < -0.39 is 12.1 Å². The second-order valence-electron chi connectivity index (χ2n) is 3.78. The maximum Gasteiger partial charge on any atom is 0.344 e. The molecule has 1 aromatic rings. The fourth-order valence-corrected chi connectivity index (χ4v) is 1.51. The van der Waals surface area contributed by atoms with Gasteiger partial charge in [0, 0.05) is 18.2 Å². The molecule has 5 heteroatoms. The number of hydrogen-bond donors (Lipinski definition) is 1. The van der Waals surface area contributed by atoms with E-state index in [2.05, 4.69) is 0 Å². The number of aliphatic carboxylic acids is 1. The van der Waals surface area contributed by atoms with Crippen LogP contribution in [0, 0.1) is 0 Å². The number of hydrogen-bond acceptors (Lipinski definition) is 4. The van der Waals surface area contributed by atoms with Crippen molar-refractivity contribution in [3.63, 3.8) is 0 Å². The first kappa shape index (κ1) is 14.2. The fraction of sp³-hybridized carbons (Fsp3) is 0.462. The highest BCUT2D eigenvalue weighted by molar-refractivity contribution is 5.72. The number of carboxylic acids is 1. The van der Waals surface area contributed by atoms with Gasteiger partial charge in [0.05, 0.1) is 14.2 Å². The summed E-state index contributed by atoms with van der Waals surface area (Å²) < 4.78 is 15.6. The molecule has 0 aliphatic carbocycles. The van der Waals surface area contributed by atoms with E-state index in [1.54, 1.807) is 18.2 Å². The molecule has 100 valence electrons. The zero-order valence-corrected chi connectivity index (χ0v) is 10.8. The fourth-order valence-electron chi connectivity index (χ4n) is 1.51. The number of carbonyl (C=O) groups is 1. The van der Waals surface area contributed by atoms with E-state index in [1.165, 1.54) is 14.2 Å². The lowest BCUT2D eigenvalue weighted by atomic mass is 10.2. The lowest BCUT2D eigenvalue weighted by molar-refractivity contribution is -0.145. The van der Waals surface area contributed by atoms with Gasteiger partial charge in [0.25, 0.3) is 0 Å². The Balaban J connectivity index is 2.90. The Morgan fingerprint density at radius 3 is 2.06 bits per heavy atom. The van der Waals surface area contributed by atoms with Crippen LogP contribution in [0.2, 0.25) is 0 Å². The van der Waals surface area contributed by atoms with E-state index in [1.807, 2.05) is 6.92 Å². The standard InChI is InChI=1S/C13H18O5/c1-4-5-12(13(14)15)18-11-7-9(16-2)6-10(8-11)17-3/h6-8,12H,4-5H2,1-3H3,(H,14,15). The molecule has 0 aliphatic rings. The minimum atomic E-state index is -0.973. The van der Waals surface area contributed by atoms with Crippen LogP contribution >= 0.6 is 0 Å². The third kappa shape index (κ3) is 3.84. The average Bonchev–Trinajstić information content (AvgIpc) is 2.37. The molecular weight excluding hydrogens is 236 g/mol. The molecule has 1 unspecified atom stereocenters. The first-order chi connectivity index (χ1) is 8.60. The summed E-state index contributed by atoms with van der Waals surface area (Å²) in [7, 11) is 3.05. The largest absolute Gasteiger partial charge is 0.496 e. The molecule has 18 heavy (non-hydrogen) atoms. The molecule has 1 atom stereocenters. The van der Waals surface area contributed by atoms with E-state index in [-0.39, 0.29) is 0 Å². The monoisotopic (exact) mass is 254 g/mol. The first-order valence-corrected chi connectivity index (χ1v) is 5.73. The molecule has 0 saturated carbocycles. The van der Waals surface area contributed by atoms with Crippen molar-refractivity contribution in [3.05, 3.63) is 18.2 Å². The maximum atomic E-state index is 11.0. The highest BCUT2D eigenvalue weighted by atomic mass is 16.5. The zero-order valence-electron chi connectivity index (χ0n) is 10.8. The number of rotatable bonds is 7. The molecule has 1 N–H and O–H groups in total. The van der Waals surface area contributed by atoms with Crippen LogP contribution in [0.15, 0.2) is 18.2 Å². The van der Waals surface area contributed by atoms with E-state index in [0.717, 1.165) is 6.42 Å². The Hall–Kier alpha value is -1.91. The van der Waals surface area contributed by atoms with Gasteiger partial charge in [0.15, 0.2) is 6.10 Å². The molecule has 0 aliphatic heterocycles. The summed E-state index contributed by atoms with van der Waals surface area (Å²) >= 11 is 0. The smallest absolute Gasteiger partial charge is 0.344 e. The first-order valence-electron chi connectivity index (χ1n) is 5.73. The molecule has 1 aromatic carbocycles. The SMILES string of the molecule is CCCC(Oc1cc(OC)cc(OC)c1)C(=O)O. The molecule has 0 fully saturated rings. The van der Waals surface area contributed by atoms with Crippen LogP contribution in [0.4, 0.5) is 0 Å². The van der Waals surface area contributed by atoms with Crippen LogP contribution in [0.1, 0.15) is 19.8 Å². The topological polar surface area (TPSA) is 65.0 Å². The van der Waals surface area contributed by atoms with Crippen LogP contribution in [-0.2, 0) is 4.79 Å². The summed E-state index contributed by atoms with van der Waals surface area (Å²) in [4.78, 5) is 11.0. The summed E-state index contributed by atoms with van der Waals surface area (Å²) in [5.74, 6) is 0.570. The van der Waals surface area contributed by atoms with E-state index >= 15 is 0 Å². The lowest BCUT2D eigenvalue weighted by Crippen LogP contribution is -2.26. The van der Waals surface area contributed by atoms with Crippen molar-refractivity contribution in [2.24, 2.45) is 0 Å². The second kappa shape index (κ2) is 6.74. The maximum absolute atomic E-state index is 11.0. The van der Waals surface area contributed by atoms with Gasteiger partial charge in [-0.2, -0.15) is 0 Å². The Morgan fingerprint density at radius 1 is 1.17 bits per heavy atom. The van der Waals surface area contributed by atoms with Gasteiger partial charge in [-0.1, -0.05) is 13.3 Å². The van der Waals surface area contributed by atoms with Gasteiger partial charge in [-0.25, -0.2) is 4.79 Å². The Morgan fingerprint density at radius 2 is 1.67 bits per heavy atom. The third-order valence-electron chi connectivity index (χ3n) is 2.43. The molecule has 0 spiro atoms. The molecule has 1 rings (SSSR count). The summed E-state index contributed by atoms with van der Waals surface area (Å²) in [6.45, 7) is 1.91. The molecule has 0 bridgehead atoms. The highest BCUT2D eigenvalue weighted by Crippen LogP contribution is 2.28. The van der Waals surface area contributed by atoms with Gasteiger partial charge in [-0.15, -0.1) is 0 Å². The molecule has 5 nitrogen and oxygen atoms in total. The van der Waals surface area contributed by atoms with Gasteiger partial charge in [-0.3, -0.25) is 0 Å². The molecule has 0 heterocycles. The van der Waals surface area contributed by atoms with Gasteiger partial charge in [0.2, 0.25) is 0 Å². The second-order valence-corrected chi connectivity index (χ2v) is 3.78. The van der Waals surface area contributed by atoms with Crippen molar-refractivity contribution < 1.29 is 24.1 Å². The van der Waals surface area contributed by atoms with Crippen molar-refractivity contribution in [2.45, 2.75) is 25.9 Å². The van der Waals surface area contributed by atoms with Gasteiger partial charge in [-0.05, 0) is 6.42 Å². The Kier molecular flexibility index (Phi) is 5.30. The molecule has 0 radical (unpaired) electrons. The lowest BCUT2D eigenvalue weighted by Gasteiger charge is -2.15. The Bertz CT molecular complexity index is 380. The van der Waals surface area contributed by atoms with Gasteiger partial charge in [0.1, 0.15) is 17.2 Å². The quantitative estimate of drug-likeness (QED) is 0.809. The number of ether oxygens (including phenoxy) is 3. The van der Waals surface area contributed by atoms with Crippen LogP contribution < -0.4 is 14.2 Å². The molecule has 0 saturated heterocycles. The van der Waals surface area contributed by atoms with Crippen molar-refractivity contribution in [3.8, 4) is 17.2 Å². The average molecular weight is 254 g/mol. The minimum Gasteiger partial charge on any atom is -0.496 e. The van der Waals surface area contributed by atoms with Crippen LogP contribution in [0.25, 0.3) is 0 Å². The molecule has 0 amide bonds.